The van der Waals surface area contributed by atoms with Crippen molar-refractivity contribution in [2.24, 2.45) is 0 Å². The number of carbonyl (C=O) groups excluding carboxylic acids is 1. The maximum Gasteiger partial charge on any atom is 0.176 e. The van der Waals surface area contributed by atoms with E-state index in [-0.39, 0.29) is 12.2 Å². The molecule has 3 heteroatoms. The largest absolute Gasteiger partial charge is 0.293 e. The Labute approximate surface area is 85.3 Å². The van der Waals surface area contributed by atoms with Crippen molar-refractivity contribution in [3.8, 4) is 6.07 Å². The van der Waals surface area contributed by atoms with Gasteiger partial charge in [0.1, 0.15) is 0 Å². The number of nitrogens with zero attached hydrogens (tertiary/aromatic N) is 1. The number of carbonyl (C=O) groups is 1. The highest BCUT2D eigenvalue weighted by atomic mass is 79.9. The Balaban J connectivity index is 2.98. The van der Waals surface area contributed by atoms with Gasteiger partial charge >= 0.3 is 0 Å². The fourth-order valence-electron chi connectivity index (χ4n) is 0.940. The Hall–Kier alpha value is -1.14. The van der Waals surface area contributed by atoms with Gasteiger partial charge in [0.2, 0.25) is 0 Å². The third-order valence-corrected chi connectivity index (χ3v) is 2.59. The number of benzene rings is 1. The molecule has 0 fully saturated rings. The van der Waals surface area contributed by atoms with Crippen molar-refractivity contribution in [1.29, 1.82) is 5.26 Å². The fourth-order valence-corrected chi connectivity index (χ4v) is 1.32. The monoisotopic (exact) mass is 237 g/mol. The summed E-state index contributed by atoms with van der Waals surface area (Å²) >= 11 is 3.33. The highest BCUT2D eigenvalue weighted by molar-refractivity contribution is 9.10. The summed E-state index contributed by atoms with van der Waals surface area (Å²) in [4.78, 5) is 11.3. The lowest BCUT2D eigenvalue weighted by Gasteiger charge is -2.00. The molecule has 1 rings (SSSR count). The number of hydrogen-bond donors (Lipinski definition) is 0. The highest BCUT2D eigenvalue weighted by Crippen LogP contribution is 2.18. The molecule has 0 N–H and O–H groups in total. The molecule has 0 aromatic heterocycles. The Bertz CT molecular complexity index is 379. The SMILES string of the molecule is Cc1ccc(C(=O)CC#N)cc1Br. The minimum Gasteiger partial charge on any atom is -0.293 e. The van der Waals surface area contributed by atoms with Crippen LogP contribution in [0.5, 0.6) is 0 Å². The predicted molar refractivity (Wildman–Crippen MR) is 53.4 cm³/mol. The molecular formula is C10H8BrNO. The van der Waals surface area contributed by atoms with Gasteiger partial charge in [-0.05, 0) is 18.6 Å². The van der Waals surface area contributed by atoms with Crippen LogP contribution in [0.1, 0.15) is 22.3 Å². The molecule has 0 aliphatic heterocycles. The number of halogens is 1. The molecule has 0 saturated heterocycles. The molecule has 0 heterocycles. The van der Waals surface area contributed by atoms with Crippen LogP contribution in [0, 0.1) is 18.3 Å². The summed E-state index contributed by atoms with van der Waals surface area (Å²) in [5, 5.41) is 8.34. The molecule has 0 radical (unpaired) electrons. The van der Waals surface area contributed by atoms with E-state index in [1.165, 1.54) is 0 Å². The average molecular weight is 238 g/mol. The van der Waals surface area contributed by atoms with E-state index in [1.807, 2.05) is 19.1 Å². The topological polar surface area (TPSA) is 40.9 Å². The average Bonchev–Trinajstić information content (AvgIpc) is 2.10. The van der Waals surface area contributed by atoms with Gasteiger partial charge in [-0.2, -0.15) is 5.26 Å². The second kappa shape index (κ2) is 4.20. The van der Waals surface area contributed by atoms with E-state index in [0.717, 1.165) is 10.0 Å². The molecule has 0 aliphatic carbocycles. The van der Waals surface area contributed by atoms with Crippen molar-refractivity contribution in [2.45, 2.75) is 13.3 Å². The van der Waals surface area contributed by atoms with Gasteiger partial charge in [-0.3, -0.25) is 4.79 Å². The van der Waals surface area contributed by atoms with Crippen LogP contribution in [0.15, 0.2) is 22.7 Å². The molecule has 0 amide bonds. The fraction of sp³-hybridized carbons (Fsp3) is 0.200. The zero-order valence-electron chi connectivity index (χ0n) is 7.17. The van der Waals surface area contributed by atoms with E-state index in [4.69, 9.17) is 5.26 Å². The second-order valence-electron chi connectivity index (χ2n) is 2.72. The van der Waals surface area contributed by atoms with Gasteiger partial charge in [0.15, 0.2) is 5.78 Å². The molecular weight excluding hydrogens is 230 g/mol. The van der Waals surface area contributed by atoms with E-state index in [2.05, 4.69) is 15.9 Å². The standard InChI is InChI=1S/C10H8BrNO/c1-7-2-3-8(6-9(7)11)10(13)4-5-12/h2-3,6H,4H2,1H3. The first-order valence-corrected chi connectivity index (χ1v) is 4.60. The summed E-state index contributed by atoms with van der Waals surface area (Å²) in [5.74, 6) is -0.136. The van der Waals surface area contributed by atoms with Crippen LogP contribution in [-0.2, 0) is 0 Å². The minimum absolute atomic E-state index is 0.0600. The first kappa shape index (κ1) is 9.94. The van der Waals surface area contributed by atoms with Crippen molar-refractivity contribution in [2.75, 3.05) is 0 Å². The van der Waals surface area contributed by atoms with Gasteiger partial charge < -0.3 is 0 Å². The van der Waals surface area contributed by atoms with Gasteiger partial charge in [0, 0.05) is 10.0 Å². The van der Waals surface area contributed by atoms with E-state index >= 15 is 0 Å². The molecule has 0 aliphatic rings. The highest BCUT2D eigenvalue weighted by Gasteiger charge is 2.05. The Kier molecular flexibility index (Phi) is 3.21. The molecule has 0 bridgehead atoms. The smallest absolute Gasteiger partial charge is 0.176 e. The van der Waals surface area contributed by atoms with Crippen LogP contribution in [0.2, 0.25) is 0 Å². The van der Waals surface area contributed by atoms with E-state index in [9.17, 15) is 4.79 Å². The van der Waals surface area contributed by atoms with E-state index in [0.29, 0.717) is 5.56 Å². The zero-order chi connectivity index (χ0) is 9.84. The zero-order valence-corrected chi connectivity index (χ0v) is 8.76. The van der Waals surface area contributed by atoms with Crippen molar-refractivity contribution >= 4 is 21.7 Å². The molecule has 0 saturated carbocycles. The van der Waals surface area contributed by atoms with Crippen LogP contribution in [0.4, 0.5) is 0 Å². The molecule has 2 nitrogen and oxygen atoms in total. The predicted octanol–water partition coefficient (Wildman–Crippen LogP) is 2.85. The van der Waals surface area contributed by atoms with Crippen molar-refractivity contribution in [3.05, 3.63) is 33.8 Å². The van der Waals surface area contributed by atoms with Crippen LogP contribution in [-0.4, -0.2) is 5.78 Å². The first-order valence-electron chi connectivity index (χ1n) is 3.81. The number of hydrogen-bond acceptors (Lipinski definition) is 2. The number of rotatable bonds is 2. The van der Waals surface area contributed by atoms with Crippen molar-refractivity contribution in [3.63, 3.8) is 0 Å². The summed E-state index contributed by atoms with van der Waals surface area (Å²) in [6.45, 7) is 1.95. The van der Waals surface area contributed by atoms with Gasteiger partial charge in [0.05, 0.1) is 12.5 Å². The van der Waals surface area contributed by atoms with Gasteiger partial charge in [-0.15, -0.1) is 0 Å². The maximum atomic E-state index is 11.3. The summed E-state index contributed by atoms with van der Waals surface area (Å²) < 4.78 is 0.899. The number of Topliss-reactive ketones (excluding diaryl/α,β-unsaturated/α-hetero) is 1. The molecule has 1 aromatic carbocycles. The second-order valence-corrected chi connectivity index (χ2v) is 3.58. The van der Waals surface area contributed by atoms with E-state index in [1.54, 1.807) is 12.1 Å². The van der Waals surface area contributed by atoms with Crippen molar-refractivity contribution in [1.82, 2.24) is 0 Å². The Morgan fingerprint density at radius 3 is 2.85 bits per heavy atom. The molecule has 13 heavy (non-hydrogen) atoms. The molecule has 66 valence electrons. The lowest BCUT2D eigenvalue weighted by molar-refractivity contribution is 0.0997. The normalized spacial score (nSPS) is 9.31. The Morgan fingerprint density at radius 1 is 1.62 bits per heavy atom. The first-order chi connectivity index (χ1) is 6.15. The molecule has 1 aromatic rings. The molecule has 0 unspecified atom stereocenters. The van der Waals surface area contributed by atoms with Crippen LogP contribution in [0.3, 0.4) is 0 Å². The summed E-state index contributed by atoms with van der Waals surface area (Å²) in [6, 6.07) is 7.17. The number of nitriles is 1. The summed E-state index contributed by atoms with van der Waals surface area (Å²) in [5.41, 5.74) is 1.66. The lowest BCUT2D eigenvalue weighted by atomic mass is 10.1. The van der Waals surface area contributed by atoms with Gasteiger partial charge in [-0.1, -0.05) is 28.1 Å². The van der Waals surface area contributed by atoms with E-state index < -0.39 is 0 Å². The lowest BCUT2D eigenvalue weighted by Crippen LogP contribution is -1.97. The van der Waals surface area contributed by atoms with Crippen molar-refractivity contribution < 1.29 is 4.79 Å². The minimum atomic E-state index is -0.136. The molecule has 0 atom stereocenters. The quantitative estimate of drug-likeness (QED) is 0.743. The van der Waals surface area contributed by atoms with Crippen LogP contribution < -0.4 is 0 Å². The molecule has 0 spiro atoms. The maximum absolute atomic E-state index is 11.3. The third-order valence-electron chi connectivity index (χ3n) is 1.73. The van der Waals surface area contributed by atoms with Crippen LogP contribution >= 0.6 is 15.9 Å². The van der Waals surface area contributed by atoms with Gasteiger partial charge in [-0.25, -0.2) is 0 Å². The third kappa shape index (κ3) is 2.40. The summed E-state index contributed by atoms with van der Waals surface area (Å²) in [7, 11) is 0. The number of aryl methyl sites for hydroxylation is 1. The Morgan fingerprint density at radius 2 is 2.31 bits per heavy atom. The number of ketones is 1. The van der Waals surface area contributed by atoms with Gasteiger partial charge in [0.25, 0.3) is 0 Å². The van der Waals surface area contributed by atoms with Crippen LogP contribution in [0.25, 0.3) is 0 Å². The summed E-state index contributed by atoms with van der Waals surface area (Å²) in [6.07, 6.45) is -0.0600.